The van der Waals surface area contributed by atoms with Crippen LogP contribution in [0.5, 0.6) is 0 Å². The van der Waals surface area contributed by atoms with Crippen LogP contribution in [0, 0.1) is 6.92 Å². The molecule has 0 bridgehead atoms. The Labute approximate surface area is 168 Å². The van der Waals surface area contributed by atoms with Crippen LogP contribution < -0.4 is 26.5 Å². The summed E-state index contributed by atoms with van der Waals surface area (Å²) in [6.07, 6.45) is 5.94. The molecule has 1 aliphatic carbocycles. The summed E-state index contributed by atoms with van der Waals surface area (Å²) >= 11 is 0.968. The quantitative estimate of drug-likeness (QED) is 0.501. The molecule has 0 radical (unpaired) electrons. The number of nitrogens with zero attached hydrogens (tertiary/aromatic N) is 3. The number of anilines is 2. The van der Waals surface area contributed by atoms with Crippen LogP contribution in [-0.4, -0.2) is 31.2 Å². The fraction of sp³-hybridized carbons (Fsp3) is 0.389. The van der Waals surface area contributed by atoms with E-state index in [1.54, 1.807) is 13.0 Å². The number of hydrogen-bond acceptors (Lipinski definition) is 8. The third kappa shape index (κ3) is 2.89. The monoisotopic (exact) mass is 413 g/mol. The van der Waals surface area contributed by atoms with Gasteiger partial charge in [0.05, 0.1) is 0 Å². The van der Waals surface area contributed by atoms with Crippen LogP contribution in [0.25, 0.3) is 10.3 Å². The van der Waals surface area contributed by atoms with Gasteiger partial charge < -0.3 is 10.6 Å². The molecule has 0 aromatic carbocycles. The molecular weight excluding hydrogens is 394 g/mol. The van der Waals surface area contributed by atoms with Crippen molar-refractivity contribution in [2.75, 3.05) is 10.7 Å². The number of fused-ring (bicyclic) bond motifs is 2. The topological polar surface area (TPSA) is 134 Å². The molecule has 0 unspecified atom stereocenters. The predicted molar refractivity (Wildman–Crippen MR) is 109 cm³/mol. The molecule has 4 heterocycles. The van der Waals surface area contributed by atoms with Crippen LogP contribution in [-0.2, 0) is 0 Å². The maximum atomic E-state index is 13.2. The highest BCUT2D eigenvalue weighted by Gasteiger charge is 2.40. The van der Waals surface area contributed by atoms with E-state index in [0.717, 1.165) is 43.4 Å². The summed E-state index contributed by atoms with van der Waals surface area (Å²) in [6.45, 7) is 1.78. The number of hydrogen-bond donors (Lipinski definition) is 4. The number of nitrogens with one attached hydrogen (secondary N) is 4. The number of aryl methyl sites for hydroxylation is 1. The number of rotatable bonds is 2. The minimum Gasteiger partial charge on any atom is -0.334 e. The average Bonchev–Trinajstić information content (AvgIpc) is 3.07. The Morgan fingerprint density at radius 2 is 1.97 bits per heavy atom. The van der Waals surface area contributed by atoms with Crippen molar-refractivity contribution in [2.45, 2.75) is 44.7 Å². The first-order valence-electron chi connectivity index (χ1n) is 9.44. The van der Waals surface area contributed by atoms with Crippen molar-refractivity contribution in [1.82, 2.24) is 24.9 Å². The van der Waals surface area contributed by atoms with Crippen molar-refractivity contribution >= 4 is 39.1 Å². The number of thiazole rings is 1. The van der Waals surface area contributed by atoms with Gasteiger partial charge >= 0.3 is 4.87 Å². The van der Waals surface area contributed by atoms with Gasteiger partial charge in [-0.1, -0.05) is 17.8 Å². The molecule has 4 N–H and O–H groups in total. The first-order chi connectivity index (χ1) is 14.0. The number of pyridine rings is 1. The van der Waals surface area contributed by atoms with Gasteiger partial charge in [0, 0.05) is 0 Å². The summed E-state index contributed by atoms with van der Waals surface area (Å²) in [6, 6.07) is 1.62. The van der Waals surface area contributed by atoms with Gasteiger partial charge in [0.15, 0.2) is 11.5 Å². The van der Waals surface area contributed by atoms with Crippen LogP contribution in [0.2, 0.25) is 0 Å². The largest absolute Gasteiger partial charge is 0.334 e. The number of H-pyrrole nitrogens is 1. The van der Waals surface area contributed by atoms with Gasteiger partial charge in [-0.3, -0.25) is 24.8 Å². The van der Waals surface area contributed by atoms with Crippen molar-refractivity contribution < 1.29 is 4.79 Å². The van der Waals surface area contributed by atoms with E-state index in [0.29, 0.717) is 27.4 Å². The van der Waals surface area contributed by atoms with Gasteiger partial charge in [-0.25, -0.2) is 14.6 Å². The van der Waals surface area contributed by atoms with Gasteiger partial charge in [0.1, 0.15) is 28.1 Å². The van der Waals surface area contributed by atoms with Gasteiger partial charge in [-0.05, 0) is 44.2 Å². The van der Waals surface area contributed by atoms with E-state index in [4.69, 9.17) is 0 Å². The van der Waals surface area contributed by atoms with Crippen LogP contribution >= 0.6 is 11.3 Å². The Kier molecular flexibility index (Phi) is 3.95. The van der Waals surface area contributed by atoms with Crippen LogP contribution in [0.15, 0.2) is 22.0 Å². The summed E-state index contributed by atoms with van der Waals surface area (Å²) in [5.74, 6) is 0.114. The average molecular weight is 413 g/mol. The zero-order chi connectivity index (χ0) is 20.2. The fourth-order valence-corrected chi connectivity index (χ4v) is 4.86. The molecule has 10 nitrogen and oxygen atoms in total. The maximum absolute atomic E-state index is 13.2. The number of aromatic nitrogens is 4. The minimum absolute atomic E-state index is 0.250. The van der Waals surface area contributed by atoms with E-state index >= 15 is 0 Å². The molecule has 3 aromatic rings. The maximum Gasteiger partial charge on any atom is 0.306 e. The third-order valence-corrected chi connectivity index (χ3v) is 6.34. The number of amides is 1. The predicted octanol–water partition coefficient (Wildman–Crippen LogP) is 1.54. The summed E-state index contributed by atoms with van der Waals surface area (Å²) in [5, 5.41) is 6.09. The first-order valence-corrected chi connectivity index (χ1v) is 10.3. The highest BCUT2D eigenvalue weighted by atomic mass is 32.1. The third-order valence-electron chi connectivity index (χ3n) is 5.46. The Morgan fingerprint density at radius 1 is 1.17 bits per heavy atom. The zero-order valence-corrected chi connectivity index (χ0v) is 16.5. The Balaban J connectivity index is 1.60. The standard InChI is InChI=1S/C18H19N7O3S/c1-9-7-10(21-13-12-14(20-8-19-13)22-17(28)29-12)16(27)25-11(9)15(26)23-18(24-25)5-3-2-4-6-18/h7-8,24H,2-6H2,1H3,(H,23,26)(H2,19,20,21,22,28). The zero-order valence-electron chi connectivity index (χ0n) is 15.7. The second kappa shape index (κ2) is 6.41. The Hall–Kier alpha value is -3.21. The molecule has 1 aliphatic heterocycles. The lowest BCUT2D eigenvalue weighted by molar-refractivity contribution is 0.0833. The molecule has 1 fully saturated rings. The lowest BCUT2D eigenvalue weighted by Gasteiger charge is -2.43. The molecule has 1 amide bonds. The van der Waals surface area contributed by atoms with Crippen molar-refractivity contribution in [3.05, 3.63) is 43.7 Å². The van der Waals surface area contributed by atoms with Crippen molar-refractivity contribution in [1.29, 1.82) is 0 Å². The number of aromatic amines is 1. The summed E-state index contributed by atoms with van der Waals surface area (Å²) in [7, 11) is 0. The molecule has 1 spiro atoms. The molecule has 29 heavy (non-hydrogen) atoms. The van der Waals surface area contributed by atoms with Crippen LogP contribution in [0.3, 0.4) is 0 Å². The van der Waals surface area contributed by atoms with E-state index in [1.807, 2.05) is 0 Å². The van der Waals surface area contributed by atoms with E-state index in [-0.39, 0.29) is 22.0 Å². The normalized spacial score (nSPS) is 17.6. The van der Waals surface area contributed by atoms with Crippen molar-refractivity contribution in [2.24, 2.45) is 0 Å². The van der Waals surface area contributed by atoms with E-state index in [1.165, 1.54) is 11.0 Å². The fourth-order valence-electron chi connectivity index (χ4n) is 4.12. The number of carbonyl (C=O) groups is 1. The van der Waals surface area contributed by atoms with E-state index in [9.17, 15) is 14.4 Å². The Morgan fingerprint density at radius 3 is 2.76 bits per heavy atom. The molecule has 0 saturated heterocycles. The Bertz CT molecular complexity index is 1250. The van der Waals surface area contributed by atoms with Gasteiger partial charge in [-0.15, -0.1) is 0 Å². The summed E-state index contributed by atoms with van der Waals surface area (Å²) < 4.78 is 1.88. The summed E-state index contributed by atoms with van der Waals surface area (Å²) in [4.78, 5) is 48.3. The molecule has 0 atom stereocenters. The smallest absolute Gasteiger partial charge is 0.306 e. The van der Waals surface area contributed by atoms with Crippen LogP contribution in [0.4, 0.5) is 11.5 Å². The highest BCUT2D eigenvalue weighted by molar-refractivity contribution is 7.17. The second-order valence-corrected chi connectivity index (χ2v) is 8.46. The second-order valence-electron chi connectivity index (χ2n) is 7.48. The van der Waals surface area contributed by atoms with Gasteiger partial charge in [0.2, 0.25) is 0 Å². The first kappa shape index (κ1) is 17.9. The van der Waals surface area contributed by atoms with Crippen molar-refractivity contribution in [3.63, 3.8) is 0 Å². The molecule has 2 aliphatic rings. The molecule has 1 saturated carbocycles. The van der Waals surface area contributed by atoms with Gasteiger partial charge in [-0.2, -0.15) is 0 Å². The van der Waals surface area contributed by atoms with Crippen molar-refractivity contribution in [3.8, 4) is 0 Å². The molecular formula is C18H19N7O3S. The SMILES string of the molecule is Cc1cc(Nc2ncnc3[nH]c(=O)sc23)c(=O)n2c1C(=O)NC1(CCCCC1)N2. The highest BCUT2D eigenvalue weighted by Crippen LogP contribution is 2.30. The van der Waals surface area contributed by atoms with Gasteiger partial charge in [0.25, 0.3) is 11.5 Å². The van der Waals surface area contributed by atoms with Crippen LogP contribution in [0.1, 0.15) is 48.2 Å². The lowest BCUT2D eigenvalue weighted by atomic mass is 9.88. The minimum atomic E-state index is -0.598. The molecule has 5 rings (SSSR count). The molecule has 3 aromatic heterocycles. The summed E-state index contributed by atoms with van der Waals surface area (Å²) in [5.41, 5.74) is 3.92. The van der Waals surface area contributed by atoms with E-state index < -0.39 is 5.66 Å². The molecule has 11 heteroatoms. The number of carbonyl (C=O) groups excluding carboxylic acids is 1. The van der Waals surface area contributed by atoms with E-state index in [2.05, 4.69) is 31.0 Å². The molecule has 150 valence electrons. The lowest BCUT2D eigenvalue weighted by Crippen LogP contribution is -2.64.